The molecular formula is C14H21N3O2. The van der Waals surface area contributed by atoms with Gasteiger partial charge in [-0.1, -0.05) is 6.92 Å². The van der Waals surface area contributed by atoms with Crippen LogP contribution in [0.15, 0.2) is 18.2 Å². The Labute approximate surface area is 113 Å². The van der Waals surface area contributed by atoms with Crippen molar-refractivity contribution in [3.8, 4) is 0 Å². The van der Waals surface area contributed by atoms with Gasteiger partial charge >= 0.3 is 0 Å². The van der Waals surface area contributed by atoms with Crippen molar-refractivity contribution >= 4 is 17.1 Å². The molecule has 5 heteroatoms. The number of nitro benzene ring substituents is 1. The second kappa shape index (κ2) is 5.47. The number of hydrogen-bond donors (Lipinski definition) is 1. The molecule has 1 aliphatic rings. The maximum Gasteiger partial charge on any atom is 0.273 e. The molecule has 0 aliphatic carbocycles. The molecular weight excluding hydrogens is 242 g/mol. The van der Waals surface area contributed by atoms with Gasteiger partial charge in [0.25, 0.3) is 5.69 Å². The quantitative estimate of drug-likeness (QED) is 0.668. The highest BCUT2D eigenvalue weighted by Crippen LogP contribution is 2.35. The summed E-state index contributed by atoms with van der Waals surface area (Å²) in [5, 5.41) is 14.0. The van der Waals surface area contributed by atoms with Gasteiger partial charge in [0.1, 0.15) is 0 Å². The van der Waals surface area contributed by atoms with E-state index in [2.05, 4.69) is 24.1 Å². The van der Waals surface area contributed by atoms with E-state index in [1.165, 1.54) is 0 Å². The lowest BCUT2D eigenvalue weighted by molar-refractivity contribution is -0.384. The first-order chi connectivity index (χ1) is 9.06. The third-order valence-electron chi connectivity index (χ3n) is 3.96. The second-order valence-corrected chi connectivity index (χ2v) is 5.14. The minimum atomic E-state index is -0.327. The molecule has 1 fully saturated rings. The summed E-state index contributed by atoms with van der Waals surface area (Å²) in [4.78, 5) is 13.0. The van der Waals surface area contributed by atoms with E-state index in [0.29, 0.717) is 12.1 Å². The first-order valence-corrected chi connectivity index (χ1v) is 6.82. The molecule has 2 atom stereocenters. The minimum absolute atomic E-state index is 0.149. The van der Waals surface area contributed by atoms with Crippen molar-refractivity contribution in [2.24, 2.45) is 0 Å². The van der Waals surface area contributed by atoms with Gasteiger partial charge in [0.15, 0.2) is 0 Å². The SMILES string of the molecule is CCC1CCC(C)N1c1cc(NC)cc([N+](=O)[O-])c1. The smallest absolute Gasteiger partial charge is 0.273 e. The Balaban J connectivity index is 2.42. The summed E-state index contributed by atoms with van der Waals surface area (Å²) >= 11 is 0. The first-order valence-electron chi connectivity index (χ1n) is 6.82. The highest BCUT2D eigenvalue weighted by atomic mass is 16.6. The average molecular weight is 263 g/mol. The van der Waals surface area contributed by atoms with Gasteiger partial charge in [-0.3, -0.25) is 10.1 Å². The summed E-state index contributed by atoms with van der Waals surface area (Å²) in [5.41, 5.74) is 1.89. The van der Waals surface area contributed by atoms with Gasteiger partial charge in [0.05, 0.1) is 4.92 Å². The van der Waals surface area contributed by atoms with Crippen molar-refractivity contribution < 1.29 is 4.92 Å². The zero-order valence-electron chi connectivity index (χ0n) is 11.7. The molecule has 2 unspecified atom stereocenters. The standard InChI is InChI=1S/C14H21N3O2/c1-4-12-6-5-10(2)16(12)13-7-11(15-3)8-14(9-13)17(18)19/h7-10,12,15H,4-6H2,1-3H3. The van der Waals surface area contributed by atoms with Gasteiger partial charge in [-0.05, 0) is 32.3 Å². The molecule has 1 N–H and O–H groups in total. The van der Waals surface area contributed by atoms with Gasteiger partial charge in [-0.25, -0.2) is 0 Å². The molecule has 5 nitrogen and oxygen atoms in total. The molecule has 104 valence electrons. The molecule has 1 saturated heterocycles. The van der Waals surface area contributed by atoms with Crippen molar-refractivity contribution in [2.75, 3.05) is 17.3 Å². The van der Waals surface area contributed by atoms with E-state index in [4.69, 9.17) is 0 Å². The van der Waals surface area contributed by atoms with Crippen LogP contribution in [0.1, 0.15) is 33.1 Å². The fraction of sp³-hybridized carbons (Fsp3) is 0.571. The fourth-order valence-electron chi connectivity index (χ4n) is 2.93. The number of non-ortho nitro benzene ring substituents is 1. The molecule has 0 saturated carbocycles. The number of nitrogens with zero attached hydrogens (tertiary/aromatic N) is 2. The molecule has 0 bridgehead atoms. The van der Waals surface area contributed by atoms with Gasteiger partial charge in [-0.15, -0.1) is 0 Å². The van der Waals surface area contributed by atoms with Crippen LogP contribution in [0.25, 0.3) is 0 Å². The minimum Gasteiger partial charge on any atom is -0.388 e. The third kappa shape index (κ3) is 2.64. The Bertz CT molecular complexity index is 476. The highest BCUT2D eigenvalue weighted by Gasteiger charge is 2.30. The lowest BCUT2D eigenvalue weighted by Crippen LogP contribution is -2.34. The van der Waals surface area contributed by atoms with Crippen LogP contribution in [0, 0.1) is 10.1 Å². The molecule has 1 aliphatic heterocycles. The molecule has 0 amide bonds. The molecule has 0 aromatic heterocycles. The van der Waals surface area contributed by atoms with Crippen LogP contribution in [-0.4, -0.2) is 24.1 Å². The van der Waals surface area contributed by atoms with Gasteiger partial charge in [0.2, 0.25) is 0 Å². The van der Waals surface area contributed by atoms with E-state index >= 15 is 0 Å². The van der Waals surface area contributed by atoms with Crippen LogP contribution in [0.4, 0.5) is 17.1 Å². The Morgan fingerprint density at radius 2 is 2.16 bits per heavy atom. The molecule has 0 radical (unpaired) electrons. The van der Waals surface area contributed by atoms with Crippen molar-refractivity contribution in [3.63, 3.8) is 0 Å². The maximum atomic E-state index is 11.0. The monoisotopic (exact) mass is 263 g/mol. The zero-order chi connectivity index (χ0) is 14.0. The van der Waals surface area contributed by atoms with E-state index in [9.17, 15) is 10.1 Å². The van der Waals surface area contributed by atoms with Crippen molar-refractivity contribution in [3.05, 3.63) is 28.3 Å². The predicted molar refractivity (Wildman–Crippen MR) is 77.9 cm³/mol. The first kappa shape index (κ1) is 13.6. The lowest BCUT2D eigenvalue weighted by Gasteiger charge is -2.30. The number of nitrogens with one attached hydrogen (secondary N) is 1. The summed E-state index contributed by atoms with van der Waals surface area (Å²) in [6.07, 6.45) is 3.38. The number of nitro groups is 1. The predicted octanol–water partition coefficient (Wildman–Crippen LogP) is 3.40. The normalized spacial score (nSPS) is 22.6. The van der Waals surface area contributed by atoms with Crippen molar-refractivity contribution in [1.82, 2.24) is 0 Å². The van der Waals surface area contributed by atoms with Crippen LogP contribution in [0.3, 0.4) is 0 Å². The summed E-state index contributed by atoms with van der Waals surface area (Å²) in [7, 11) is 1.79. The van der Waals surface area contributed by atoms with Gasteiger partial charge in [0, 0.05) is 42.6 Å². The second-order valence-electron chi connectivity index (χ2n) is 5.14. The summed E-state index contributed by atoms with van der Waals surface area (Å²) in [6.45, 7) is 4.36. The summed E-state index contributed by atoms with van der Waals surface area (Å²) in [5.74, 6) is 0. The summed E-state index contributed by atoms with van der Waals surface area (Å²) < 4.78 is 0. The van der Waals surface area contributed by atoms with Crippen molar-refractivity contribution in [2.45, 2.75) is 45.2 Å². The zero-order valence-corrected chi connectivity index (χ0v) is 11.7. The molecule has 1 aromatic rings. The Morgan fingerprint density at radius 3 is 2.74 bits per heavy atom. The Hall–Kier alpha value is -1.78. The lowest BCUT2D eigenvalue weighted by atomic mass is 10.1. The van der Waals surface area contributed by atoms with E-state index in [0.717, 1.165) is 30.6 Å². The molecule has 2 rings (SSSR count). The van der Waals surface area contributed by atoms with E-state index in [1.807, 2.05) is 6.07 Å². The van der Waals surface area contributed by atoms with Crippen LogP contribution in [0.5, 0.6) is 0 Å². The molecule has 1 aromatic carbocycles. The molecule has 0 spiro atoms. The molecule has 1 heterocycles. The van der Waals surface area contributed by atoms with Gasteiger partial charge in [-0.2, -0.15) is 0 Å². The maximum absolute atomic E-state index is 11.0. The number of benzene rings is 1. The number of rotatable bonds is 4. The Kier molecular flexibility index (Phi) is 3.93. The van der Waals surface area contributed by atoms with Gasteiger partial charge < -0.3 is 10.2 Å². The topological polar surface area (TPSA) is 58.4 Å². The average Bonchev–Trinajstić information content (AvgIpc) is 2.79. The van der Waals surface area contributed by atoms with Crippen molar-refractivity contribution in [1.29, 1.82) is 0 Å². The van der Waals surface area contributed by atoms with Crippen LogP contribution >= 0.6 is 0 Å². The number of hydrogen-bond acceptors (Lipinski definition) is 4. The Morgan fingerprint density at radius 1 is 1.42 bits per heavy atom. The largest absolute Gasteiger partial charge is 0.388 e. The van der Waals surface area contributed by atoms with Crippen LogP contribution < -0.4 is 10.2 Å². The third-order valence-corrected chi connectivity index (χ3v) is 3.96. The highest BCUT2D eigenvalue weighted by molar-refractivity contribution is 5.65. The van der Waals surface area contributed by atoms with Crippen LogP contribution in [-0.2, 0) is 0 Å². The van der Waals surface area contributed by atoms with E-state index in [-0.39, 0.29) is 10.6 Å². The molecule has 19 heavy (non-hydrogen) atoms. The van der Waals surface area contributed by atoms with Crippen LogP contribution in [0.2, 0.25) is 0 Å². The number of anilines is 2. The van der Waals surface area contributed by atoms with E-state index in [1.54, 1.807) is 19.2 Å². The van der Waals surface area contributed by atoms with E-state index < -0.39 is 0 Å². The summed E-state index contributed by atoms with van der Waals surface area (Å²) in [6, 6.07) is 6.19. The fourth-order valence-corrected chi connectivity index (χ4v) is 2.93.